The van der Waals surface area contributed by atoms with Crippen molar-refractivity contribution in [3.8, 4) is 11.5 Å². The number of benzene rings is 2. The van der Waals surface area contributed by atoms with Gasteiger partial charge >= 0.3 is 0 Å². The Kier molecular flexibility index (Phi) is 2.90. The van der Waals surface area contributed by atoms with Crippen molar-refractivity contribution in [3.63, 3.8) is 0 Å². The summed E-state index contributed by atoms with van der Waals surface area (Å²) >= 11 is 0. The molecule has 0 atom stereocenters. The number of hydrogen-bond donors (Lipinski definition) is 1. The number of nitrogens with zero attached hydrogens (tertiary/aromatic N) is 2. The molecule has 2 aromatic carbocycles. The minimum atomic E-state index is -0.349. The molecular formula is C14H11FN3O2+. The van der Waals surface area contributed by atoms with Gasteiger partial charge in [0.2, 0.25) is 5.52 Å². The molecule has 1 heterocycles. The molecule has 5 nitrogen and oxygen atoms in total. The minimum absolute atomic E-state index is 0.196. The number of aromatic amines is 1. The van der Waals surface area contributed by atoms with Crippen molar-refractivity contribution in [1.82, 2.24) is 5.10 Å². The first-order valence-corrected chi connectivity index (χ1v) is 5.95. The van der Waals surface area contributed by atoms with Crippen molar-refractivity contribution in [2.45, 2.75) is 0 Å². The topological polar surface area (TPSA) is 58.3 Å². The third-order valence-electron chi connectivity index (χ3n) is 3.02. The Labute approximate surface area is 113 Å². The van der Waals surface area contributed by atoms with E-state index in [2.05, 4.69) is 10.3 Å². The molecule has 3 aromatic rings. The molecule has 0 bridgehead atoms. The molecule has 0 aliphatic carbocycles. The summed E-state index contributed by atoms with van der Waals surface area (Å²) in [7, 11) is 1.85. The fraction of sp³-hybridized carbons (Fsp3) is 0.0714. The molecule has 0 saturated carbocycles. The van der Waals surface area contributed by atoms with Crippen molar-refractivity contribution in [2.24, 2.45) is 12.2 Å². The summed E-state index contributed by atoms with van der Waals surface area (Å²) < 4.78 is 20.3. The van der Waals surface area contributed by atoms with Gasteiger partial charge in [0.25, 0.3) is 0 Å². The van der Waals surface area contributed by atoms with Crippen molar-refractivity contribution < 1.29 is 13.8 Å². The summed E-state index contributed by atoms with van der Waals surface area (Å²) in [6, 6.07) is 8.91. The van der Waals surface area contributed by atoms with Crippen LogP contribution < -0.4 is 9.42 Å². The van der Waals surface area contributed by atoms with Crippen LogP contribution in [0.25, 0.3) is 10.9 Å². The maximum absolute atomic E-state index is 12.9. The van der Waals surface area contributed by atoms with Crippen molar-refractivity contribution >= 4 is 16.6 Å². The predicted octanol–water partition coefficient (Wildman–Crippen LogP) is 3.32. The van der Waals surface area contributed by atoms with E-state index in [1.165, 1.54) is 24.3 Å². The number of nitroso groups, excluding NO2 is 1. The zero-order valence-corrected chi connectivity index (χ0v) is 10.6. The van der Waals surface area contributed by atoms with E-state index < -0.39 is 0 Å². The highest BCUT2D eigenvalue weighted by atomic mass is 19.1. The van der Waals surface area contributed by atoms with Crippen molar-refractivity contribution in [2.75, 3.05) is 0 Å². The molecule has 0 radical (unpaired) electrons. The summed E-state index contributed by atoms with van der Waals surface area (Å²) in [4.78, 5) is 10.9. The Morgan fingerprint density at radius 2 is 2.00 bits per heavy atom. The average molecular weight is 272 g/mol. The zero-order valence-electron chi connectivity index (χ0n) is 10.6. The molecule has 6 heteroatoms. The maximum atomic E-state index is 12.9. The SMILES string of the molecule is C[n+]1[nH]cc2cc(N=O)c(Oc3ccc(F)cc3)cc21. The molecule has 1 N–H and O–H groups in total. The van der Waals surface area contributed by atoms with Crippen LogP contribution >= 0.6 is 0 Å². The highest BCUT2D eigenvalue weighted by Crippen LogP contribution is 2.34. The van der Waals surface area contributed by atoms with E-state index in [9.17, 15) is 9.30 Å². The summed E-state index contributed by atoms with van der Waals surface area (Å²) in [5.41, 5.74) is 1.07. The molecule has 0 fully saturated rings. The first-order valence-electron chi connectivity index (χ1n) is 5.95. The second kappa shape index (κ2) is 4.73. The first-order chi connectivity index (χ1) is 9.67. The number of fused-ring (bicyclic) bond motifs is 1. The van der Waals surface area contributed by atoms with Crippen LogP contribution in [0, 0.1) is 10.7 Å². The van der Waals surface area contributed by atoms with E-state index in [1.807, 2.05) is 7.05 Å². The third kappa shape index (κ3) is 2.11. The molecule has 0 saturated heterocycles. The summed E-state index contributed by atoms with van der Waals surface area (Å²) in [6.45, 7) is 0. The largest absolute Gasteiger partial charge is 0.455 e. The second-order valence-corrected chi connectivity index (χ2v) is 4.36. The number of hydrogen-bond acceptors (Lipinski definition) is 3. The van der Waals surface area contributed by atoms with E-state index in [0.29, 0.717) is 11.5 Å². The molecule has 0 aliphatic rings. The number of nitrogens with one attached hydrogen (secondary N) is 1. The van der Waals surface area contributed by atoms with E-state index in [-0.39, 0.29) is 11.5 Å². The Hall–Kier alpha value is -2.76. The first kappa shape index (κ1) is 12.3. The molecular weight excluding hydrogens is 261 g/mol. The Bertz CT molecular complexity index is 781. The molecule has 100 valence electrons. The minimum Gasteiger partial charge on any atom is -0.455 e. The van der Waals surface area contributed by atoms with Gasteiger partial charge in [-0.3, -0.25) is 0 Å². The van der Waals surface area contributed by atoms with Crippen LogP contribution in [0.1, 0.15) is 0 Å². The highest BCUT2D eigenvalue weighted by molar-refractivity contribution is 5.82. The number of aromatic nitrogens is 2. The van der Waals surface area contributed by atoms with Crippen LogP contribution in [0.15, 0.2) is 47.8 Å². The average Bonchev–Trinajstić information content (AvgIpc) is 2.81. The molecule has 3 rings (SSSR count). The third-order valence-corrected chi connectivity index (χ3v) is 3.02. The molecule has 0 spiro atoms. The van der Waals surface area contributed by atoms with Gasteiger partial charge in [-0.15, -0.1) is 9.59 Å². The quantitative estimate of drug-likeness (QED) is 0.587. The monoisotopic (exact) mass is 272 g/mol. The number of halogens is 1. The van der Waals surface area contributed by atoms with E-state index >= 15 is 0 Å². The lowest BCUT2D eigenvalue weighted by Crippen LogP contribution is -2.29. The van der Waals surface area contributed by atoms with Gasteiger partial charge in [-0.1, -0.05) is 0 Å². The van der Waals surface area contributed by atoms with Gasteiger partial charge in [0, 0.05) is 0 Å². The molecule has 20 heavy (non-hydrogen) atoms. The van der Waals surface area contributed by atoms with Gasteiger partial charge in [-0.25, -0.2) is 4.39 Å². The van der Waals surface area contributed by atoms with Crippen LogP contribution in [-0.4, -0.2) is 5.10 Å². The number of rotatable bonds is 3. The fourth-order valence-electron chi connectivity index (χ4n) is 2.00. The smallest absolute Gasteiger partial charge is 0.241 e. The van der Waals surface area contributed by atoms with Gasteiger partial charge < -0.3 is 4.74 Å². The van der Waals surface area contributed by atoms with Crippen LogP contribution in [0.5, 0.6) is 11.5 Å². The normalized spacial score (nSPS) is 10.7. The van der Waals surface area contributed by atoms with Gasteiger partial charge in [0.05, 0.1) is 17.6 Å². The number of aryl methyl sites for hydroxylation is 1. The Morgan fingerprint density at radius 3 is 2.70 bits per heavy atom. The van der Waals surface area contributed by atoms with Crippen LogP contribution in [-0.2, 0) is 7.05 Å². The van der Waals surface area contributed by atoms with Gasteiger partial charge in [0.15, 0.2) is 18.5 Å². The van der Waals surface area contributed by atoms with Crippen LogP contribution in [0.4, 0.5) is 10.1 Å². The molecule has 0 amide bonds. The number of H-pyrrole nitrogens is 1. The lowest BCUT2D eigenvalue weighted by molar-refractivity contribution is -0.702. The van der Waals surface area contributed by atoms with Gasteiger partial charge in [-0.05, 0) is 35.5 Å². The standard InChI is InChI=1S/C14H10FN3O2/c1-18-13-7-14(12(17-19)6-9(13)8-16-18)20-11-4-2-10(15)3-5-11/h2-8H,1H3/p+1. The van der Waals surface area contributed by atoms with E-state index in [0.717, 1.165) is 10.9 Å². The zero-order chi connectivity index (χ0) is 14.1. The van der Waals surface area contributed by atoms with Crippen molar-refractivity contribution in [3.05, 3.63) is 53.3 Å². The summed E-state index contributed by atoms with van der Waals surface area (Å²) in [6.07, 6.45) is 1.77. The fourth-order valence-corrected chi connectivity index (χ4v) is 2.00. The lowest BCUT2D eigenvalue weighted by Gasteiger charge is -2.06. The van der Waals surface area contributed by atoms with Gasteiger partial charge in [0.1, 0.15) is 11.6 Å². The van der Waals surface area contributed by atoms with E-state index in [4.69, 9.17) is 4.74 Å². The van der Waals surface area contributed by atoms with Crippen LogP contribution in [0.2, 0.25) is 0 Å². The highest BCUT2D eigenvalue weighted by Gasteiger charge is 2.15. The molecule has 0 unspecified atom stereocenters. The predicted molar refractivity (Wildman–Crippen MR) is 71.4 cm³/mol. The van der Waals surface area contributed by atoms with Crippen molar-refractivity contribution in [1.29, 1.82) is 0 Å². The Morgan fingerprint density at radius 1 is 1.25 bits per heavy atom. The second-order valence-electron chi connectivity index (χ2n) is 4.36. The lowest BCUT2D eigenvalue weighted by atomic mass is 10.2. The Balaban J connectivity index is 2.06. The summed E-state index contributed by atoms with van der Waals surface area (Å²) in [5.74, 6) is 0.418. The number of ether oxygens (including phenoxy) is 1. The molecule has 0 aliphatic heterocycles. The molecule has 1 aromatic heterocycles. The van der Waals surface area contributed by atoms with Crippen LogP contribution in [0.3, 0.4) is 0 Å². The summed E-state index contributed by atoms with van der Waals surface area (Å²) in [5, 5.41) is 6.82. The van der Waals surface area contributed by atoms with Gasteiger partial charge in [-0.2, -0.15) is 5.10 Å². The maximum Gasteiger partial charge on any atom is 0.241 e. The van der Waals surface area contributed by atoms with E-state index in [1.54, 1.807) is 23.0 Å².